The van der Waals surface area contributed by atoms with E-state index in [2.05, 4.69) is 15.6 Å². The van der Waals surface area contributed by atoms with E-state index >= 15 is 0 Å². The number of nitrogens with one attached hydrogen (secondary N) is 3. The molecule has 0 radical (unpaired) electrons. The first kappa shape index (κ1) is 23.1. The number of carbonyl (C=O) groups is 2. The van der Waals surface area contributed by atoms with Gasteiger partial charge in [-0.2, -0.15) is 0 Å². The number of benzene rings is 2. The van der Waals surface area contributed by atoms with Crippen molar-refractivity contribution in [3.63, 3.8) is 0 Å². The Kier molecular flexibility index (Phi) is 6.82. The summed E-state index contributed by atoms with van der Waals surface area (Å²) >= 11 is 5.91. The maximum Gasteiger partial charge on any atom is 0.255 e. The molecular formula is C28H27ClN4O2. The minimum atomic E-state index is -0.194. The molecule has 1 heterocycles. The smallest absolute Gasteiger partial charge is 0.255 e. The molecule has 7 heteroatoms. The van der Waals surface area contributed by atoms with Gasteiger partial charge in [-0.3, -0.25) is 9.59 Å². The summed E-state index contributed by atoms with van der Waals surface area (Å²) in [7, 11) is 0. The molecule has 0 bridgehead atoms. The molecule has 0 atom stereocenters. The highest BCUT2D eigenvalue weighted by molar-refractivity contribution is 6.30. The zero-order valence-corrected chi connectivity index (χ0v) is 20.1. The highest BCUT2D eigenvalue weighted by atomic mass is 35.5. The summed E-state index contributed by atoms with van der Waals surface area (Å²) in [5.41, 5.74) is 4.73. The number of anilines is 1. The maximum absolute atomic E-state index is 12.6. The molecule has 2 aliphatic rings. The lowest BCUT2D eigenvalue weighted by Gasteiger charge is -2.20. The summed E-state index contributed by atoms with van der Waals surface area (Å²) in [4.78, 5) is 33.2. The van der Waals surface area contributed by atoms with Crippen molar-refractivity contribution in [3.05, 3.63) is 88.9 Å². The molecule has 0 unspecified atom stereocenters. The third-order valence-corrected chi connectivity index (χ3v) is 6.75. The number of aromatic amines is 1. The van der Waals surface area contributed by atoms with Gasteiger partial charge in [0.25, 0.3) is 5.91 Å². The van der Waals surface area contributed by atoms with E-state index in [4.69, 9.17) is 16.6 Å². The number of amides is 2. The molecule has 3 N–H and O–H groups in total. The van der Waals surface area contributed by atoms with Crippen LogP contribution in [0.5, 0.6) is 0 Å². The van der Waals surface area contributed by atoms with E-state index in [1.165, 1.54) is 6.42 Å². The first-order chi connectivity index (χ1) is 17.0. The monoisotopic (exact) mass is 486 g/mol. The highest BCUT2D eigenvalue weighted by Crippen LogP contribution is 2.27. The molecule has 3 aromatic rings. The average molecular weight is 487 g/mol. The van der Waals surface area contributed by atoms with Crippen LogP contribution in [0.3, 0.4) is 0 Å². The Labute approximate surface area is 209 Å². The number of fused-ring (bicyclic) bond motifs is 1. The second-order valence-electron chi connectivity index (χ2n) is 9.02. The largest absolute Gasteiger partial charge is 0.338 e. The Morgan fingerprint density at radius 2 is 1.77 bits per heavy atom. The third-order valence-electron chi connectivity index (χ3n) is 6.49. The Morgan fingerprint density at radius 1 is 0.971 bits per heavy atom. The van der Waals surface area contributed by atoms with Crippen molar-refractivity contribution in [1.82, 2.24) is 15.3 Å². The normalized spacial score (nSPS) is 16.4. The summed E-state index contributed by atoms with van der Waals surface area (Å²) in [6.07, 6.45) is 13.8. The number of hydrogen-bond acceptors (Lipinski definition) is 3. The maximum atomic E-state index is 12.6. The van der Waals surface area contributed by atoms with Crippen LogP contribution in [-0.2, 0) is 4.79 Å². The van der Waals surface area contributed by atoms with E-state index in [-0.39, 0.29) is 17.7 Å². The molecule has 2 amide bonds. The molecule has 6 nitrogen and oxygen atoms in total. The standard InChI is InChI=1S/C28H27ClN4O2/c29-21-12-9-20(10-13-21)28(35)30-22-8-4-7-18(11-14-22)26-32-24-16-15-23(17-25(24)33-26)31-27(34)19-5-2-1-3-6-19/h4,8-17,19H,1-3,5-7H2,(H,30,35)(H,31,34)(H,32,33). The molecule has 2 aliphatic carbocycles. The first-order valence-electron chi connectivity index (χ1n) is 12.0. The summed E-state index contributed by atoms with van der Waals surface area (Å²) in [6.45, 7) is 0. The van der Waals surface area contributed by atoms with Crippen LogP contribution in [0.15, 0.2) is 72.5 Å². The number of nitrogens with zero attached hydrogens (tertiary/aromatic N) is 1. The molecule has 178 valence electrons. The fourth-order valence-corrected chi connectivity index (χ4v) is 4.66. The average Bonchev–Trinajstić information content (AvgIpc) is 3.16. The summed E-state index contributed by atoms with van der Waals surface area (Å²) in [5, 5.41) is 6.59. The predicted molar refractivity (Wildman–Crippen MR) is 140 cm³/mol. The molecule has 5 rings (SSSR count). The van der Waals surface area contributed by atoms with Gasteiger partial charge in [0.1, 0.15) is 5.82 Å². The van der Waals surface area contributed by atoms with Gasteiger partial charge in [-0.25, -0.2) is 4.98 Å². The van der Waals surface area contributed by atoms with E-state index in [0.29, 0.717) is 22.7 Å². The van der Waals surface area contributed by atoms with Crippen molar-refractivity contribution in [3.8, 4) is 0 Å². The van der Waals surface area contributed by atoms with Crippen molar-refractivity contribution in [2.45, 2.75) is 38.5 Å². The lowest BCUT2D eigenvalue weighted by atomic mass is 9.88. The molecule has 1 aromatic heterocycles. The zero-order valence-electron chi connectivity index (χ0n) is 19.3. The number of allylic oxidation sites excluding steroid dienone is 5. The Balaban J connectivity index is 1.29. The van der Waals surface area contributed by atoms with Crippen molar-refractivity contribution in [1.29, 1.82) is 0 Å². The molecule has 1 saturated carbocycles. The summed E-state index contributed by atoms with van der Waals surface area (Å²) < 4.78 is 0. The van der Waals surface area contributed by atoms with Crippen molar-refractivity contribution >= 4 is 45.7 Å². The summed E-state index contributed by atoms with van der Waals surface area (Å²) in [5.74, 6) is 0.794. The number of halogens is 1. The minimum Gasteiger partial charge on any atom is -0.338 e. The van der Waals surface area contributed by atoms with E-state index in [1.807, 2.05) is 42.5 Å². The van der Waals surface area contributed by atoms with Gasteiger partial charge >= 0.3 is 0 Å². The zero-order chi connectivity index (χ0) is 24.2. The van der Waals surface area contributed by atoms with Crippen LogP contribution >= 0.6 is 11.6 Å². The molecule has 0 aliphatic heterocycles. The number of aromatic nitrogens is 2. The quantitative estimate of drug-likeness (QED) is 0.390. The van der Waals surface area contributed by atoms with E-state index in [1.54, 1.807) is 24.3 Å². The summed E-state index contributed by atoms with van der Waals surface area (Å²) in [6, 6.07) is 12.5. The van der Waals surface area contributed by atoms with Gasteiger partial charge in [-0.15, -0.1) is 0 Å². The van der Waals surface area contributed by atoms with E-state index in [9.17, 15) is 9.59 Å². The van der Waals surface area contributed by atoms with Gasteiger partial charge in [-0.05, 0) is 79.5 Å². The van der Waals surface area contributed by atoms with Gasteiger partial charge in [0.15, 0.2) is 0 Å². The van der Waals surface area contributed by atoms with Gasteiger partial charge in [-0.1, -0.05) is 43.0 Å². The molecule has 0 saturated heterocycles. The Bertz CT molecular complexity index is 1350. The topological polar surface area (TPSA) is 86.9 Å². The van der Waals surface area contributed by atoms with Crippen LogP contribution < -0.4 is 10.6 Å². The Hall–Kier alpha value is -3.64. The van der Waals surface area contributed by atoms with Crippen molar-refractivity contribution in [2.24, 2.45) is 5.92 Å². The second kappa shape index (κ2) is 10.3. The third kappa shape index (κ3) is 5.54. The number of imidazole rings is 1. The lowest BCUT2D eigenvalue weighted by Crippen LogP contribution is -2.24. The van der Waals surface area contributed by atoms with Crippen molar-refractivity contribution in [2.75, 3.05) is 5.32 Å². The minimum absolute atomic E-state index is 0.110. The van der Waals surface area contributed by atoms with Gasteiger partial charge in [0.05, 0.1) is 11.0 Å². The second-order valence-corrected chi connectivity index (χ2v) is 9.46. The van der Waals surface area contributed by atoms with Crippen LogP contribution in [0.1, 0.15) is 54.7 Å². The number of hydrogen-bond donors (Lipinski definition) is 3. The predicted octanol–water partition coefficient (Wildman–Crippen LogP) is 6.39. The molecule has 1 fully saturated rings. The van der Waals surface area contributed by atoms with Gasteiger partial charge in [0, 0.05) is 27.9 Å². The Morgan fingerprint density at radius 3 is 2.57 bits per heavy atom. The van der Waals surface area contributed by atoms with Crippen LogP contribution in [0.2, 0.25) is 5.02 Å². The van der Waals surface area contributed by atoms with Gasteiger partial charge < -0.3 is 15.6 Å². The lowest BCUT2D eigenvalue weighted by molar-refractivity contribution is -0.120. The number of H-pyrrole nitrogens is 1. The fraction of sp³-hybridized carbons (Fsp3) is 0.250. The van der Waals surface area contributed by atoms with Crippen LogP contribution in [0, 0.1) is 5.92 Å². The fourth-order valence-electron chi connectivity index (χ4n) is 4.54. The van der Waals surface area contributed by atoms with E-state index < -0.39 is 0 Å². The van der Waals surface area contributed by atoms with Gasteiger partial charge in [0.2, 0.25) is 5.91 Å². The van der Waals surface area contributed by atoms with Crippen LogP contribution in [-0.4, -0.2) is 21.8 Å². The van der Waals surface area contributed by atoms with Crippen LogP contribution in [0.25, 0.3) is 16.6 Å². The molecule has 35 heavy (non-hydrogen) atoms. The molecule has 0 spiro atoms. The highest BCUT2D eigenvalue weighted by Gasteiger charge is 2.21. The van der Waals surface area contributed by atoms with E-state index in [0.717, 1.165) is 53.8 Å². The molecule has 2 aromatic carbocycles. The van der Waals surface area contributed by atoms with Crippen molar-refractivity contribution < 1.29 is 9.59 Å². The molecular weight excluding hydrogens is 460 g/mol. The number of carbonyl (C=O) groups excluding carboxylic acids is 2. The first-order valence-corrected chi connectivity index (χ1v) is 12.4. The van der Waals surface area contributed by atoms with Crippen LogP contribution in [0.4, 0.5) is 5.69 Å². The number of rotatable bonds is 5. The SMILES string of the molecule is O=C(NC1=CC=C(c2nc3ccc(NC(=O)C4CCCCC4)cc3[nH]2)CC=C1)c1ccc(Cl)cc1.